The van der Waals surface area contributed by atoms with Gasteiger partial charge in [-0.25, -0.2) is 0 Å². The summed E-state index contributed by atoms with van der Waals surface area (Å²) >= 11 is 1.24. The Balaban J connectivity index is 2.69. The van der Waals surface area contributed by atoms with Gasteiger partial charge in [0, 0.05) is 18.2 Å². The molecule has 15 heavy (non-hydrogen) atoms. The van der Waals surface area contributed by atoms with Crippen molar-refractivity contribution in [3.05, 3.63) is 22.4 Å². The summed E-state index contributed by atoms with van der Waals surface area (Å²) in [4.78, 5) is 11.2. The van der Waals surface area contributed by atoms with E-state index in [1.807, 2.05) is 5.32 Å². The molecule has 1 aromatic rings. The smallest absolute Gasteiger partial charge is 0.344 e. The fourth-order valence-corrected chi connectivity index (χ4v) is 1.88. The average Bonchev–Trinajstić information content (AvgIpc) is 2.53. The Kier molecular flexibility index (Phi) is 3.73. The Morgan fingerprint density at radius 3 is 2.67 bits per heavy atom. The van der Waals surface area contributed by atoms with Gasteiger partial charge in [-0.15, -0.1) is 11.3 Å². The lowest BCUT2D eigenvalue weighted by Gasteiger charge is -2.20. The highest BCUT2D eigenvalue weighted by Gasteiger charge is 2.40. The standard InChI is InChI=1S/C9H10F3NOS/c1-6(14)13-8(9(10,11)12)5-7-3-2-4-15-7/h2-4,8H,5H2,1H3,(H,13,14)/t8-/m0/s1. The molecule has 1 aromatic heterocycles. The summed E-state index contributed by atoms with van der Waals surface area (Å²) in [6.07, 6.45) is -4.61. The van der Waals surface area contributed by atoms with Crippen LogP contribution in [-0.2, 0) is 11.2 Å². The van der Waals surface area contributed by atoms with Gasteiger partial charge in [-0.3, -0.25) is 4.79 Å². The van der Waals surface area contributed by atoms with Crippen molar-refractivity contribution in [1.29, 1.82) is 0 Å². The summed E-state index contributed by atoms with van der Waals surface area (Å²) < 4.78 is 37.4. The van der Waals surface area contributed by atoms with Crippen LogP contribution in [0.15, 0.2) is 17.5 Å². The summed E-state index contributed by atoms with van der Waals surface area (Å²) in [5.74, 6) is -0.672. The first kappa shape index (κ1) is 12.0. The van der Waals surface area contributed by atoms with Crippen LogP contribution in [0.5, 0.6) is 0 Å². The number of halogens is 3. The van der Waals surface area contributed by atoms with Crippen molar-refractivity contribution in [3.63, 3.8) is 0 Å². The Morgan fingerprint density at radius 1 is 1.60 bits per heavy atom. The predicted molar refractivity (Wildman–Crippen MR) is 51.7 cm³/mol. The van der Waals surface area contributed by atoms with E-state index in [0.29, 0.717) is 4.88 Å². The molecule has 0 aliphatic carbocycles. The van der Waals surface area contributed by atoms with E-state index in [1.165, 1.54) is 11.3 Å². The SMILES string of the molecule is CC(=O)N[C@@H](Cc1cccs1)C(F)(F)F. The largest absolute Gasteiger partial charge is 0.408 e. The molecule has 0 radical (unpaired) electrons. The minimum absolute atomic E-state index is 0.208. The maximum atomic E-state index is 12.5. The Morgan fingerprint density at radius 2 is 2.27 bits per heavy atom. The van der Waals surface area contributed by atoms with Crippen LogP contribution in [0.25, 0.3) is 0 Å². The van der Waals surface area contributed by atoms with Gasteiger partial charge in [0.05, 0.1) is 0 Å². The van der Waals surface area contributed by atoms with E-state index in [0.717, 1.165) is 6.92 Å². The van der Waals surface area contributed by atoms with Gasteiger partial charge >= 0.3 is 6.18 Å². The molecule has 84 valence electrons. The van der Waals surface area contributed by atoms with Crippen molar-refractivity contribution in [2.75, 3.05) is 0 Å². The van der Waals surface area contributed by atoms with Crippen molar-refractivity contribution in [1.82, 2.24) is 5.32 Å². The first-order valence-corrected chi connectivity index (χ1v) is 5.14. The second-order valence-corrected chi connectivity index (χ2v) is 4.11. The summed E-state index contributed by atoms with van der Waals surface area (Å²) in [5, 5.41) is 3.61. The van der Waals surface area contributed by atoms with Crippen LogP contribution >= 0.6 is 11.3 Å². The minimum atomic E-state index is -4.41. The number of carbonyl (C=O) groups is 1. The van der Waals surface area contributed by atoms with Crippen LogP contribution in [0.1, 0.15) is 11.8 Å². The molecule has 1 amide bonds. The number of hydrogen-bond donors (Lipinski definition) is 1. The van der Waals surface area contributed by atoms with E-state index in [9.17, 15) is 18.0 Å². The quantitative estimate of drug-likeness (QED) is 0.859. The fraction of sp³-hybridized carbons (Fsp3) is 0.444. The maximum Gasteiger partial charge on any atom is 0.408 e. The molecule has 2 nitrogen and oxygen atoms in total. The van der Waals surface area contributed by atoms with Gasteiger partial charge in [-0.05, 0) is 11.4 Å². The zero-order valence-electron chi connectivity index (χ0n) is 7.97. The lowest BCUT2D eigenvalue weighted by Crippen LogP contribution is -2.45. The van der Waals surface area contributed by atoms with E-state index >= 15 is 0 Å². The Hall–Kier alpha value is -1.04. The fourth-order valence-electron chi connectivity index (χ4n) is 1.12. The molecule has 0 spiro atoms. The van der Waals surface area contributed by atoms with Crippen molar-refractivity contribution in [2.24, 2.45) is 0 Å². The van der Waals surface area contributed by atoms with E-state index < -0.39 is 18.1 Å². The molecule has 0 saturated heterocycles. The maximum absolute atomic E-state index is 12.5. The minimum Gasteiger partial charge on any atom is -0.344 e. The zero-order valence-corrected chi connectivity index (χ0v) is 8.78. The summed E-state index contributed by atoms with van der Waals surface area (Å²) in [6.45, 7) is 1.08. The lowest BCUT2D eigenvalue weighted by molar-refractivity contribution is -0.160. The van der Waals surface area contributed by atoms with Crippen LogP contribution < -0.4 is 5.32 Å². The van der Waals surface area contributed by atoms with Crippen LogP contribution in [0.2, 0.25) is 0 Å². The van der Waals surface area contributed by atoms with Gasteiger partial charge in [0.1, 0.15) is 6.04 Å². The third-order valence-electron chi connectivity index (χ3n) is 1.76. The van der Waals surface area contributed by atoms with Crippen molar-refractivity contribution < 1.29 is 18.0 Å². The van der Waals surface area contributed by atoms with E-state index in [2.05, 4.69) is 0 Å². The summed E-state index contributed by atoms with van der Waals surface area (Å²) in [6, 6.07) is 1.50. The highest BCUT2D eigenvalue weighted by atomic mass is 32.1. The molecule has 0 aromatic carbocycles. The number of rotatable bonds is 3. The number of hydrogen-bond acceptors (Lipinski definition) is 2. The normalized spacial score (nSPS) is 13.6. The van der Waals surface area contributed by atoms with Gasteiger partial charge in [0.2, 0.25) is 5.91 Å². The number of alkyl halides is 3. The molecule has 0 bridgehead atoms. The van der Waals surface area contributed by atoms with E-state index in [1.54, 1.807) is 17.5 Å². The first-order valence-electron chi connectivity index (χ1n) is 4.26. The van der Waals surface area contributed by atoms with Crippen molar-refractivity contribution in [2.45, 2.75) is 25.6 Å². The molecule has 0 saturated carbocycles. The van der Waals surface area contributed by atoms with Crippen LogP contribution in [0.3, 0.4) is 0 Å². The highest BCUT2D eigenvalue weighted by molar-refractivity contribution is 7.09. The van der Waals surface area contributed by atoms with Gasteiger partial charge in [0.15, 0.2) is 0 Å². The van der Waals surface area contributed by atoms with Crippen molar-refractivity contribution >= 4 is 17.2 Å². The monoisotopic (exact) mass is 237 g/mol. The molecule has 0 aliphatic rings. The van der Waals surface area contributed by atoms with Gasteiger partial charge in [-0.1, -0.05) is 6.07 Å². The highest BCUT2D eigenvalue weighted by Crippen LogP contribution is 2.24. The summed E-state index contributed by atoms with van der Waals surface area (Å²) in [7, 11) is 0. The molecule has 0 aliphatic heterocycles. The Bertz CT molecular complexity index is 321. The number of thiophene rings is 1. The summed E-state index contributed by atoms with van der Waals surface area (Å²) in [5.41, 5.74) is 0. The second kappa shape index (κ2) is 4.65. The predicted octanol–water partition coefficient (Wildman–Crippen LogP) is 2.36. The third kappa shape index (κ3) is 3.91. The van der Waals surface area contributed by atoms with Gasteiger partial charge in [0.25, 0.3) is 0 Å². The number of nitrogens with one attached hydrogen (secondary N) is 1. The van der Waals surface area contributed by atoms with E-state index in [4.69, 9.17) is 0 Å². The molecular weight excluding hydrogens is 227 g/mol. The van der Waals surface area contributed by atoms with Gasteiger partial charge in [-0.2, -0.15) is 13.2 Å². The molecule has 1 rings (SSSR count). The molecule has 1 heterocycles. The zero-order chi connectivity index (χ0) is 11.5. The molecule has 1 atom stereocenters. The molecular formula is C9H10F3NOS. The van der Waals surface area contributed by atoms with Crippen LogP contribution in [0.4, 0.5) is 13.2 Å². The number of carbonyl (C=O) groups excluding carboxylic acids is 1. The molecule has 1 N–H and O–H groups in total. The molecule has 0 fully saturated rings. The van der Waals surface area contributed by atoms with Gasteiger partial charge < -0.3 is 5.32 Å². The van der Waals surface area contributed by atoms with Crippen LogP contribution in [-0.4, -0.2) is 18.1 Å². The molecule has 0 unspecified atom stereocenters. The van der Waals surface area contributed by atoms with Crippen LogP contribution in [0, 0.1) is 0 Å². The molecule has 6 heteroatoms. The number of amides is 1. The first-order chi connectivity index (χ1) is 6.89. The Labute approximate surface area is 89.1 Å². The lowest BCUT2D eigenvalue weighted by atomic mass is 10.1. The third-order valence-corrected chi connectivity index (χ3v) is 2.66. The second-order valence-electron chi connectivity index (χ2n) is 3.08. The van der Waals surface area contributed by atoms with E-state index in [-0.39, 0.29) is 6.42 Å². The topological polar surface area (TPSA) is 29.1 Å². The average molecular weight is 237 g/mol. The van der Waals surface area contributed by atoms with Crippen molar-refractivity contribution in [3.8, 4) is 0 Å².